The van der Waals surface area contributed by atoms with Gasteiger partial charge in [-0.2, -0.15) is 15.0 Å². The fourth-order valence-electron chi connectivity index (χ4n) is 3.11. The molecular weight excluding hydrogens is 276 g/mol. The highest BCUT2D eigenvalue weighted by molar-refractivity contribution is 6.07. The third-order valence-corrected chi connectivity index (χ3v) is 4.23. The van der Waals surface area contributed by atoms with Crippen LogP contribution in [0.1, 0.15) is 22.8 Å². The zero-order chi connectivity index (χ0) is 14.9. The van der Waals surface area contributed by atoms with Crippen LogP contribution < -0.4 is 0 Å². The van der Waals surface area contributed by atoms with Crippen LogP contribution in [0.3, 0.4) is 0 Å². The van der Waals surface area contributed by atoms with Gasteiger partial charge in [0.15, 0.2) is 0 Å². The van der Waals surface area contributed by atoms with Crippen LogP contribution in [0.25, 0.3) is 10.8 Å². The zero-order valence-electron chi connectivity index (χ0n) is 12.1. The second-order valence-corrected chi connectivity index (χ2v) is 5.57. The van der Waals surface area contributed by atoms with Crippen molar-refractivity contribution in [1.82, 2.24) is 19.9 Å². The van der Waals surface area contributed by atoms with Crippen molar-refractivity contribution in [3.8, 4) is 0 Å². The molecule has 0 bridgehead atoms. The molecule has 0 spiro atoms. The summed E-state index contributed by atoms with van der Waals surface area (Å²) in [4.78, 5) is 16.5. The van der Waals surface area contributed by atoms with Crippen molar-refractivity contribution in [2.75, 3.05) is 13.1 Å². The molecule has 1 aromatic heterocycles. The maximum atomic E-state index is 12.9. The van der Waals surface area contributed by atoms with E-state index in [1.54, 1.807) is 17.2 Å². The minimum absolute atomic E-state index is 0.0893. The van der Waals surface area contributed by atoms with Crippen LogP contribution in [0, 0.1) is 0 Å². The summed E-state index contributed by atoms with van der Waals surface area (Å²) < 4.78 is 0. The second-order valence-electron chi connectivity index (χ2n) is 5.57. The minimum Gasteiger partial charge on any atom is -0.336 e. The normalized spacial score (nSPS) is 18.0. The number of fused-ring (bicyclic) bond motifs is 1. The van der Waals surface area contributed by atoms with Crippen molar-refractivity contribution in [2.24, 2.45) is 0 Å². The summed E-state index contributed by atoms with van der Waals surface area (Å²) in [5.41, 5.74) is 0.771. The van der Waals surface area contributed by atoms with Gasteiger partial charge in [-0.3, -0.25) is 4.79 Å². The number of likely N-dealkylation sites (tertiary alicyclic amines) is 1. The van der Waals surface area contributed by atoms with Crippen molar-refractivity contribution >= 4 is 16.7 Å². The lowest BCUT2D eigenvalue weighted by Crippen LogP contribution is -2.29. The van der Waals surface area contributed by atoms with Crippen LogP contribution in [-0.2, 0) is 0 Å². The molecule has 2 aromatic carbocycles. The van der Waals surface area contributed by atoms with Gasteiger partial charge in [-0.1, -0.05) is 36.4 Å². The average Bonchev–Trinajstić information content (AvgIpc) is 3.24. The van der Waals surface area contributed by atoms with Gasteiger partial charge < -0.3 is 4.90 Å². The van der Waals surface area contributed by atoms with E-state index < -0.39 is 0 Å². The monoisotopic (exact) mass is 292 g/mol. The molecule has 0 radical (unpaired) electrons. The van der Waals surface area contributed by atoms with Crippen molar-refractivity contribution in [3.63, 3.8) is 0 Å². The van der Waals surface area contributed by atoms with E-state index in [0.717, 1.165) is 29.3 Å². The van der Waals surface area contributed by atoms with Gasteiger partial charge in [-0.15, -0.1) is 0 Å². The van der Waals surface area contributed by atoms with E-state index >= 15 is 0 Å². The molecule has 1 aliphatic rings. The molecule has 0 N–H and O–H groups in total. The molecule has 5 heteroatoms. The van der Waals surface area contributed by atoms with Gasteiger partial charge >= 0.3 is 0 Å². The third kappa shape index (κ3) is 2.15. The highest BCUT2D eigenvalue weighted by Gasteiger charge is 2.29. The molecule has 1 aliphatic heterocycles. The number of carbonyl (C=O) groups is 1. The Bertz CT molecular complexity index is 807. The van der Waals surface area contributed by atoms with Crippen LogP contribution >= 0.6 is 0 Å². The third-order valence-electron chi connectivity index (χ3n) is 4.23. The number of rotatable bonds is 2. The first-order valence-corrected chi connectivity index (χ1v) is 7.46. The van der Waals surface area contributed by atoms with E-state index in [-0.39, 0.29) is 11.9 Å². The number of nitrogens with zero attached hydrogens (tertiary/aromatic N) is 4. The van der Waals surface area contributed by atoms with Gasteiger partial charge in [0.2, 0.25) is 0 Å². The lowest BCUT2D eigenvalue weighted by atomic mass is 10.0. The van der Waals surface area contributed by atoms with E-state index in [0.29, 0.717) is 6.54 Å². The Morgan fingerprint density at radius 2 is 1.82 bits per heavy atom. The molecule has 3 aromatic rings. The summed E-state index contributed by atoms with van der Waals surface area (Å²) in [6.45, 7) is 1.41. The van der Waals surface area contributed by atoms with Gasteiger partial charge in [-0.05, 0) is 23.3 Å². The van der Waals surface area contributed by atoms with Crippen LogP contribution in [0.4, 0.5) is 0 Å². The lowest BCUT2D eigenvalue weighted by molar-refractivity contribution is 0.0788. The number of hydrogen-bond donors (Lipinski definition) is 0. The number of aromatic nitrogens is 3. The molecule has 1 atom stereocenters. The van der Waals surface area contributed by atoms with Gasteiger partial charge in [-0.25, -0.2) is 0 Å². The fraction of sp³-hybridized carbons (Fsp3) is 0.235. The van der Waals surface area contributed by atoms with Gasteiger partial charge in [0.1, 0.15) is 0 Å². The van der Waals surface area contributed by atoms with Crippen LogP contribution in [0.15, 0.2) is 54.9 Å². The molecule has 5 nitrogen and oxygen atoms in total. The van der Waals surface area contributed by atoms with E-state index in [1.165, 1.54) is 0 Å². The Kier molecular flexibility index (Phi) is 3.11. The molecule has 0 unspecified atom stereocenters. The first-order chi connectivity index (χ1) is 10.8. The Labute approximate surface area is 128 Å². The maximum absolute atomic E-state index is 12.9. The van der Waals surface area contributed by atoms with E-state index in [2.05, 4.69) is 10.2 Å². The Balaban J connectivity index is 1.62. The highest BCUT2D eigenvalue weighted by Crippen LogP contribution is 2.25. The molecule has 1 amide bonds. The summed E-state index contributed by atoms with van der Waals surface area (Å²) in [6.07, 6.45) is 4.25. The number of hydrogen-bond acceptors (Lipinski definition) is 3. The van der Waals surface area contributed by atoms with Crippen molar-refractivity contribution in [2.45, 2.75) is 12.5 Å². The zero-order valence-corrected chi connectivity index (χ0v) is 12.1. The first-order valence-electron chi connectivity index (χ1n) is 7.46. The largest absolute Gasteiger partial charge is 0.336 e. The molecule has 22 heavy (non-hydrogen) atoms. The summed E-state index contributed by atoms with van der Waals surface area (Å²) in [5.74, 6) is 0.0893. The topological polar surface area (TPSA) is 51.0 Å². The smallest absolute Gasteiger partial charge is 0.254 e. The molecule has 110 valence electrons. The second kappa shape index (κ2) is 5.26. The minimum atomic E-state index is 0.0893. The maximum Gasteiger partial charge on any atom is 0.254 e. The molecule has 0 saturated carbocycles. The van der Waals surface area contributed by atoms with Crippen LogP contribution in [0.2, 0.25) is 0 Å². The molecule has 2 heterocycles. The summed E-state index contributed by atoms with van der Waals surface area (Å²) >= 11 is 0. The van der Waals surface area contributed by atoms with Gasteiger partial charge in [0, 0.05) is 18.7 Å². The number of amides is 1. The van der Waals surface area contributed by atoms with E-state index in [9.17, 15) is 4.79 Å². The average molecular weight is 292 g/mol. The van der Waals surface area contributed by atoms with Crippen molar-refractivity contribution in [3.05, 3.63) is 60.4 Å². The van der Waals surface area contributed by atoms with Crippen LogP contribution in [0.5, 0.6) is 0 Å². The predicted octanol–water partition coefficient (Wildman–Crippen LogP) is 2.52. The number of benzene rings is 2. The lowest BCUT2D eigenvalue weighted by Gasteiger charge is -2.17. The summed E-state index contributed by atoms with van der Waals surface area (Å²) in [6, 6.07) is 14.1. The van der Waals surface area contributed by atoms with Crippen LogP contribution in [-0.4, -0.2) is 38.9 Å². The predicted molar refractivity (Wildman–Crippen MR) is 83.5 cm³/mol. The standard InChI is InChI=1S/C17H16N4O/c22-17(16-7-3-5-13-4-1-2-6-15(13)16)20-11-8-14(12-20)21-18-9-10-19-21/h1-7,9-10,14H,8,11-12H2/t14-/m1/s1. The first kappa shape index (κ1) is 13.0. The summed E-state index contributed by atoms with van der Waals surface area (Å²) in [7, 11) is 0. The number of carbonyl (C=O) groups excluding carboxylic acids is 1. The Morgan fingerprint density at radius 1 is 1.05 bits per heavy atom. The molecular formula is C17H16N4O. The van der Waals surface area contributed by atoms with E-state index in [1.807, 2.05) is 47.4 Å². The molecule has 0 aliphatic carbocycles. The fourth-order valence-corrected chi connectivity index (χ4v) is 3.11. The summed E-state index contributed by atoms with van der Waals surface area (Å²) in [5, 5.41) is 10.5. The van der Waals surface area contributed by atoms with Gasteiger partial charge in [0.05, 0.1) is 18.4 Å². The molecule has 4 rings (SSSR count). The Hall–Kier alpha value is -2.69. The molecule has 1 fully saturated rings. The molecule has 1 saturated heterocycles. The quantitative estimate of drug-likeness (QED) is 0.729. The highest BCUT2D eigenvalue weighted by atomic mass is 16.2. The van der Waals surface area contributed by atoms with Crippen molar-refractivity contribution < 1.29 is 4.79 Å². The Morgan fingerprint density at radius 3 is 2.68 bits per heavy atom. The van der Waals surface area contributed by atoms with Crippen molar-refractivity contribution in [1.29, 1.82) is 0 Å². The van der Waals surface area contributed by atoms with Gasteiger partial charge in [0.25, 0.3) is 5.91 Å². The SMILES string of the molecule is O=C(c1cccc2ccccc12)N1CC[C@@H](n2nccn2)C1. The van der Waals surface area contributed by atoms with E-state index in [4.69, 9.17) is 0 Å².